The largest absolute Gasteiger partial charge is 0.522 e. The summed E-state index contributed by atoms with van der Waals surface area (Å²) in [4.78, 5) is 0. The minimum Gasteiger partial charge on any atom is -0.309 e. The fourth-order valence-electron chi connectivity index (χ4n) is 0.823. The third-order valence-corrected chi connectivity index (χ3v) is 13.2. The molecule has 0 saturated carbocycles. The lowest BCUT2D eigenvalue weighted by Gasteiger charge is -2.35. The van der Waals surface area contributed by atoms with Crippen LogP contribution >= 0.6 is 0 Å². The van der Waals surface area contributed by atoms with Crippen molar-refractivity contribution in [2.75, 3.05) is 0 Å². The van der Waals surface area contributed by atoms with E-state index in [1.54, 1.807) is 20.8 Å². The zero-order valence-electron chi connectivity index (χ0n) is 16.0. The predicted octanol–water partition coefficient (Wildman–Crippen LogP) is 4.55. The highest BCUT2D eigenvalue weighted by atomic mass is 32.2. The number of hydrogen-bond donors (Lipinski definition) is 0. The van der Waals surface area contributed by atoms with E-state index < -0.39 is 52.9 Å². The summed E-state index contributed by atoms with van der Waals surface area (Å²) >= 11 is 0. The highest BCUT2D eigenvalue weighted by molar-refractivity contribution is 7.89. The maximum atomic E-state index is 12.1. The Morgan fingerprint density at radius 1 is 0.630 bits per heavy atom. The third-order valence-electron chi connectivity index (χ3n) is 3.05. The van der Waals surface area contributed by atoms with E-state index in [1.807, 2.05) is 0 Å². The van der Waals surface area contributed by atoms with E-state index in [2.05, 4.69) is 7.74 Å². The van der Waals surface area contributed by atoms with E-state index in [0.717, 1.165) is 0 Å². The first-order valence-corrected chi connectivity index (χ1v) is 16.3. The topological polar surface area (TPSA) is 86.7 Å². The van der Waals surface area contributed by atoms with Gasteiger partial charge in [0.2, 0.25) is 16.6 Å². The number of halogens is 6. The van der Waals surface area contributed by atoms with Gasteiger partial charge in [0.25, 0.3) is 0 Å². The molecule has 27 heavy (non-hydrogen) atoms. The van der Waals surface area contributed by atoms with Crippen LogP contribution in [0.5, 0.6) is 0 Å². The Kier molecular flexibility index (Phi) is 8.92. The molecule has 0 bridgehead atoms. The van der Waals surface area contributed by atoms with E-state index in [4.69, 9.17) is 0 Å². The highest BCUT2D eigenvalue weighted by Crippen LogP contribution is 2.40. The average molecular weight is 487 g/mol. The van der Waals surface area contributed by atoms with E-state index in [0.29, 0.717) is 0 Å². The molecule has 0 aliphatic heterocycles. The molecular formula is C11H24F6O6S2Si2. The van der Waals surface area contributed by atoms with E-state index >= 15 is 0 Å². The summed E-state index contributed by atoms with van der Waals surface area (Å²) in [5, 5.41) is -0.592. The van der Waals surface area contributed by atoms with Crippen LogP contribution in [0, 0.1) is 0 Å². The maximum absolute atomic E-state index is 12.1. The first-order chi connectivity index (χ1) is 11.2. The van der Waals surface area contributed by atoms with Gasteiger partial charge in [0.05, 0.1) is 0 Å². The Hall–Kier alpha value is -0.166. The van der Waals surface area contributed by atoms with Gasteiger partial charge >= 0.3 is 31.3 Å². The zero-order chi connectivity index (χ0) is 22.9. The van der Waals surface area contributed by atoms with Gasteiger partial charge in [-0.15, -0.1) is 0 Å². The van der Waals surface area contributed by atoms with Crippen molar-refractivity contribution < 1.29 is 50.9 Å². The Morgan fingerprint density at radius 3 is 1.04 bits per heavy atom. The standard InChI is InChI=1S/C7H15F3O3SSi.C4H9F3O3SSi/c1-6(2,3)15(4,5)13-14(11,12)7(8,9)10;1-12(2,3)10-11(8,9)4(5,6)7/h1-5H3;1-3H3. The molecule has 0 rings (SSSR count). The molecule has 0 aliphatic carbocycles. The van der Waals surface area contributed by atoms with Crippen molar-refractivity contribution in [2.45, 2.75) is 69.6 Å². The molecule has 166 valence electrons. The highest BCUT2D eigenvalue weighted by Gasteiger charge is 2.53. The summed E-state index contributed by atoms with van der Waals surface area (Å²) in [6.07, 6.45) is 0. The second kappa shape index (κ2) is 8.29. The lowest BCUT2D eigenvalue weighted by Crippen LogP contribution is -2.45. The molecule has 6 nitrogen and oxygen atoms in total. The second-order valence-electron chi connectivity index (χ2n) is 7.84. The summed E-state index contributed by atoms with van der Waals surface area (Å²) in [7, 11) is -16.5. The second-order valence-corrected chi connectivity index (χ2v) is 20.7. The molecule has 0 heterocycles. The first kappa shape index (κ1) is 29.0. The number of alkyl halides is 6. The van der Waals surface area contributed by atoms with Crippen LogP contribution in [0.1, 0.15) is 20.8 Å². The molecule has 0 saturated heterocycles. The Balaban J connectivity index is 0. The molecule has 0 aromatic heterocycles. The molecule has 0 aromatic carbocycles. The van der Waals surface area contributed by atoms with Gasteiger partial charge in [-0.05, 0) is 37.8 Å². The van der Waals surface area contributed by atoms with Crippen LogP contribution in [0.2, 0.25) is 37.8 Å². The average Bonchev–Trinajstić information content (AvgIpc) is 2.19. The summed E-state index contributed by atoms with van der Waals surface area (Å²) in [5.74, 6) is 0. The van der Waals surface area contributed by atoms with E-state index in [9.17, 15) is 43.2 Å². The Labute approximate surface area is 157 Å². The molecule has 0 atom stereocenters. The van der Waals surface area contributed by atoms with Gasteiger partial charge < -0.3 is 7.74 Å². The summed E-state index contributed by atoms with van der Waals surface area (Å²) in [5.41, 5.74) is -10.7. The third kappa shape index (κ3) is 9.73. The molecule has 0 N–H and O–H groups in total. The quantitative estimate of drug-likeness (QED) is 0.329. The van der Waals surface area contributed by atoms with Crippen molar-refractivity contribution in [1.82, 2.24) is 0 Å². The van der Waals surface area contributed by atoms with Crippen LogP contribution in [-0.4, -0.2) is 44.5 Å². The lowest BCUT2D eigenvalue weighted by molar-refractivity contribution is -0.0508. The minimum absolute atomic E-state index is 0.592. The number of rotatable bonds is 4. The van der Waals surface area contributed by atoms with Crippen molar-refractivity contribution in [3.05, 3.63) is 0 Å². The van der Waals surface area contributed by atoms with Crippen LogP contribution in [0.15, 0.2) is 0 Å². The first-order valence-electron chi connectivity index (χ1n) is 7.20. The van der Waals surface area contributed by atoms with E-state index in [-0.39, 0.29) is 0 Å². The molecule has 0 spiro atoms. The summed E-state index contributed by atoms with van der Waals surface area (Å²) < 4.78 is 122. The fourth-order valence-corrected chi connectivity index (χ4v) is 7.41. The smallest absolute Gasteiger partial charge is 0.309 e. The van der Waals surface area contributed by atoms with Crippen LogP contribution in [0.25, 0.3) is 0 Å². The predicted molar refractivity (Wildman–Crippen MR) is 92.7 cm³/mol. The van der Waals surface area contributed by atoms with Gasteiger partial charge in [-0.2, -0.15) is 43.2 Å². The molecule has 0 aromatic rings. The lowest BCUT2D eigenvalue weighted by atomic mass is 10.2. The number of hydrogen-bond acceptors (Lipinski definition) is 6. The fraction of sp³-hybridized carbons (Fsp3) is 1.00. The normalized spacial score (nSPS) is 15.2. The van der Waals surface area contributed by atoms with Crippen molar-refractivity contribution >= 4 is 36.9 Å². The van der Waals surface area contributed by atoms with Gasteiger partial charge in [0.15, 0.2) is 0 Å². The maximum Gasteiger partial charge on any atom is 0.522 e. The minimum atomic E-state index is -5.48. The molecule has 16 heteroatoms. The summed E-state index contributed by atoms with van der Waals surface area (Å²) in [6.45, 7) is 11.9. The molecular weight excluding hydrogens is 462 g/mol. The SMILES string of the molecule is CC(C)(C)[Si](C)(C)OS(=O)(=O)C(F)(F)F.C[Si](C)(C)OS(=O)(=O)C(F)(F)F. The summed E-state index contributed by atoms with van der Waals surface area (Å²) in [6, 6.07) is 0. The Bertz CT molecular complexity index is 700. The van der Waals surface area contributed by atoms with E-state index in [1.165, 1.54) is 32.7 Å². The van der Waals surface area contributed by atoms with Gasteiger partial charge in [-0.25, -0.2) is 0 Å². The zero-order valence-corrected chi connectivity index (χ0v) is 19.7. The van der Waals surface area contributed by atoms with Crippen molar-refractivity contribution in [3.63, 3.8) is 0 Å². The molecule has 0 amide bonds. The van der Waals surface area contributed by atoms with Crippen molar-refractivity contribution in [1.29, 1.82) is 0 Å². The van der Waals surface area contributed by atoms with Crippen LogP contribution in [-0.2, 0) is 28.0 Å². The monoisotopic (exact) mass is 486 g/mol. The van der Waals surface area contributed by atoms with Crippen molar-refractivity contribution in [3.8, 4) is 0 Å². The molecule has 0 aliphatic rings. The molecule has 0 radical (unpaired) electrons. The van der Waals surface area contributed by atoms with Crippen LogP contribution in [0.4, 0.5) is 26.3 Å². The van der Waals surface area contributed by atoms with Crippen molar-refractivity contribution in [2.24, 2.45) is 0 Å². The van der Waals surface area contributed by atoms with Gasteiger partial charge in [-0.3, -0.25) is 0 Å². The Morgan fingerprint density at radius 2 is 0.889 bits per heavy atom. The molecule has 0 unspecified atom stereocenters. The van der Waals surface area contributed by atoms with Gasteiger partial charge in [0.1, 0.15) is 0 Å². The van der Waals surface area contributed by atoms with Gasteiger partial charge in [-0.1, -0.05) is 20.8 Å². The van der Waals surface area contributed by atoms with Gasteiger partial charge in [0, 0.05) is 0 Å². The molecule has 0 fully saturated rings. The van der Waals surface area contributed by atoms with Crippen LogP contribution in [0.3, 0.4) is 0 Å². The van der Waals surface area contributed by atoms with Crippen LogP contribution < -0.4 is 0 Å².